The molecular formula is C27H32N2O5. The maximum Gasteiger partial charge on any atom is 0.290 e. The number of carbonyl (C=O) groups is 1. The van der Waals surface area contributed by atoms with E-state index in [1.54, 1.807) is 29.2 Å². The second kappa shape index (κ2) is 10.3. The number of carbonyl (C=O) groups excluding carboxylic acids is 1. The highest BCUT2D eigenvalue weighted by atomic mass is 16.5. The first-order chi connectivity index (χ1) is 16.5. The van der Waals surface area contributed by atoms with Crippen LogP contribution in [0.3, 0.4) is 0 Å². The molecule has 1 aromatic heterocycles. The van der Waals surface area contributed by atoms with Crippen molar-refractivity contribution in [1.29, 1.82) is 0 Å². The fraction of sp³-hybridized carbons (Fsp3) is 0.407. The molecule has 4 rings (SSSR count). The molecular weight excluding hydrogens is 432 g/mol. The Bertz CT molecular complexity index is 1230. The normalized spacial score (nSPS) is 15.3. The second-order valence-electron chi connectivity index (χ2n) is 8.17. The molecule has 0 N–H and O–H groups in total. The topological polar surface area (TPSA) is 72.2 Å². The quantitative estimate of drug-likeness (QED) is 0.441. The van der Waals surface area contributed by atoms with Crippen LogP contribution in [0.4, 0.5) is 0 Å². The maximum atomic E-state index is 13.6. The van der Waals surface area contributed by atoms with E-state index in [1.807, 2.05) is 32.0 Å². The van der Waals surface area contributed by atoms with Crippen molar-refractivity contribution in [3.63, 3.8) is 0 Å². The zero-order valence-electron chi connectivity index (χ0n) is 20.3. The van der Waals surface area contributed by atoms with Gasteiger partial charge in [-0.2, -0.15) is 0 Å². The second-order valence-corrected chi connectivity index (χ2v) is 8.17. The molecule has 0 fully saturated rings. The lowest BCUT2D eigenvalue weighted by molar-refractivity contribution is 0.0708. The van der Waals surface area contributed by atoms with Gasteiger partial charge in [0, 0.05) is 13.1 Å². The van der Waals surface area contributed by atoms with Crippen LogP contribution in [0.15, 0.2) is 51.7 Å². The lowest BCUT2D eigenvalue weighted by atomic mass is 9.98. The first-order valence-corrected chi connectivity index (χ1v) is 12.0. The van der Waals surface area contributed by atoms with E-state index >= 15 is 0 Å². The zero-order chi connectivity index (χ0) is 24.2. The average molecular weight is 465 g/mol. The minimum absolute atomic E-state index is 0.125. The van der Waals surface area contributed by atoms with Crippen LogP contribution in [-0.2, 0) is 0 Å². The lowest BCUT2D eigenvalue weighted by Gasteiger charge is -2.28. The van der Waals surface area contributed by atoms with Gasteiger partial charge in [-0.1, -0.05) is 32.0 Å². The fourth-order valence-corrected chi connectivity index (χ4v) is 4.57. The fourth-order valence-electron chi connectivity index (χ4n) is 4.57. The summed E-state index contributed by atoms with van der Waals surface area (Å²) < 4.78 is 17.6. The molecule has 0 spiro atoms. The standard InChI is InChI=1S/C27H32N2O5/c1-5-28(6-2)15-16-29-24(18-13-14-21(32-7-3)22(17-18)33-8-4)23-25(30)19-11-9-10-12-20(19)34-26(23)27(29)31/h9-14,17,24H,5-8,15-16H2,1-4H3. The summed E-state index contributed by atoms with van der Waals surface area (Å²) in [6.45, 7) is 11.9. The molecule has 7 heteroatoms. The number of benzene rings is 2. The third-order valence-electron chi connectivity index (χ3n) is 6.31. The van der Waals surface area contributed by atoms with Gasteiger partial charge in [-0.3, -0.25) is 9.59 Å². The van der Waals surface area contributed by atoms with Gasteiger partial charge < -0.3 is 23.7 Å². The number of hydrogen-bond acceptors (Lipinski definition) is 6. The van der Waals surface area contributed by atoms with Crippen molar-refractivity contribution in [2.45, 2.75) is 33.7 Å². The molecule has 1 aliphatic heterocycles. The van der Waals surface area contributed by atoms with Crippen molar-refractivity contribution in [2.75, 3.05) is 39.4 Å². The molecule has 1 amide bonds. The summed E-state index contributed by atoms with van der Waals surface area (Å²) in [5.74, 6) is 1.09. The smallest absolute Gasteiger partial charge is 0.290 e. The molecule has 7 nitrogen and oxygen atoms in total. The van der Waals surface area contributed by atoms with Crippen LogP contribution in [-0.4, -0.2) is 55.1 Å². The minimum Gasteiger partial charge on any atom is -0.490 e. The largest absolute Gasteiger partial charge is 0.490 e. The van der Waals surface area contributed by atoms with Gasteiger partial charge >= 0.3 is 0 Å². The monoisotopic (exact) mass is 464 g/mol. The van der Waals surface area contributed by atoms with Gasteiger partial charge in [0.2, 0.25) is 5.76 Å². The number of nitrogens with zero attached hydrogens (tertiary/aromatic N) is 2. The van der Waals surface area contributed by atoms with Crippen LogP contribution in [0, 0.1) is 0 Å². The third kappa shape index (κ3) is 4.28. The number of hydrogen-bond donors (Lipinski definition) is 0. The van der Waals surface area contributed by atoms with Gasteiger partial charge in [0.25, 0.3) is 5.91 Å². The predicted molar refractivity (Wildman–Crippen MR) is 132 cm³/mol. The molecule has 0 saturated carbocycles. The van der Waals surface area contributed by atoms with Crippen LogP contribution in [0.1, 0.15) is 55.4 Å². The summed E-state index contributed by atoms with van der Waals surface area (Å²) in [7, 11) is 0. The molecule has 0 radical (unpaired) electrons. The highest BCUT2D eigenvalue weighted by Crippen LogP contribution is 2.41. The van der Waals surface area contributed by atoms with E-state index in [0.717, 1.165) is 18.7 Å². The Kier molecular flexibility index (Phi) is 7.22. The van der Waals surface area contributed by atoms with Crippen LogP contribution >= 0.6 is 0 Å². The van der Waals surface area contributed by atoms with Gasteiger partial charge in [-0.15, -0.1) is 0 Å². The van der Waals surface area contributed by atoms with Crippen molar-refractivity contribution in [2.24, 2.45) is 0 Å². The Labute approximate surface area is 199 Å². The van der Waals surface area contributed by atoms with Crippen LogP contribution < -0.4 is 14.9 Å². The molecule has 1 unspecified atom stereocenters. The van der Waals surface area contributed by atoms with E-state index in [0.29, 0.717) is 54.3 Å². The van der Waals surface area contributed by atoms with E-state index in [1.165, 1.54) is 0 Å². The van der Waals surface area contributed by atoms with E-state index in [4.69, 9.17) is 13.9 Å². The Balaban J connectivity index is 1.87. The number of fused-ring (bicyclic) bond motifs is 2. The van der Waals surface area contributed by atoms with Crippen molar-refractivity contribution in [3.05, 3.63) is 69.6 Å². The van der Waals surface area contributed by atoms with E-state index in [2.05, 4.69) is 18.7 Å². The molecule has 180 valence electrons. The number of para-hydroxylation sites is 1. The van der Waals surface area contributed by atoms with Gasteiger partial charge in [-0.05, 0) is 56.8 Å². The van der Waals surface area contributed by atoms with Crippen molar-refractivity contribution in [3.8, 4) is 11.5 Å². The molecule has 2 aromatic carbocycles. The number of amides is 1. The van der Waals surface area contributed by atoms with Crippen molar-refractivity contribution < 1.29 is 18.7 Å². The van der Waals surface area contributed by atoms with Gasteiger partial charge in [0.15, 0.2) is 16.9 Å². The minimum atomic E-state index is -0.561. The van der Waals surface area contributed by atoms with Gasteiger partial charge in [-0.25, -0.2) is 0 Å². The Morgan fingerprint density at radius 2 is 1.65 bits per heavy atom. The highest BCUT2D eigenvalue weighted by Gasteiger charge is 2.42. The summed E-state index contributed by atoms with van der Waals surface area (Å²) in [6, 6.07) is 12.1. The molecule has 0 bridgehead atoms. The average Bonchev–Trinajstić information content (AvgIpc) is 3.13. The number of rotatable bonds is 10. The number of ether oxygens (including phenoxy) is 2. The molecule has 34 heavy (non-hydrogen) atoms. The molecule has 0 saturated heterocycles. The first-order valence-electron chi connectivity index (χ1n) is 12.0. The summed E-state index contributed by atoms with van der Waals surface area (Å²) >= 11 is 0. The van der Waals surface area contributed by atoms with Crippen LogP contribution in [0.2, 0.25) is 0 Å². The summed E-state index contributed by atoms with van der Waals surface area (Å²) in [5.41, 5.74) is 1.43. The van der Waals surface area contributed by atoms with Crippen LogP contribution in [0.25, 0.3) is 11.0 Å². The maximum absolute atomic E-state index is 13.6. The van der Waals surface area contributed by atoms with Crippen LogP contribution in [0.5, 0.6) is 11.5 Å². The number of likely N-dealkylation sites (N-methyl/N-ethyl adjacent to an activating group) is 1. The first kappa shape index (κ1) is 23.8. The van der Waals surface area contributed by atoms with Crippen molar-refractivity contribution >= 4 is 16.9 Å². The van der Waals surface area contributed by atoms with E-state index < -0.39 is 6.04 Å². The molecule has 0 aliphatic carbocycles. The Hall–Kier alpha value is -3.32. The van der Waals surface area contributed by atoms with E-state index in [9.17, 15) is 9.59 Å². The SMILES string of the molecule is CCOc1ccc(C2c3c(oc4ccccc4c3=O)C(=O)N2CCN(CC)CC)cc1OCC. The Morgan fingerprint density at radius 3 is 2.35 bits per heavy atom. The predicted octanol–water partition coefficient (Wildman–Crippen LogP) is 4.48. The van der Waals surface area contributed by atoms with Gasteiger partial charge in [0.05, 0.1) is 30.2 Å². The molecule has 2 heterocycles. The van der Waals surface area contributed by atoms with E-state index in [-0.39, 0.29) is 17.1 Å². The summed E-state index contributed by atoms with van der Waals surface area (Å²) in [5, 5.41) is 0.473. The lowest BCUT2D eigenvalue weighted by Crippen LogP contribution is -2.37. The Morgan fingerprint density at radius 1 is 0.941 bits per heavy atom. The third-order valence-corrected chi connectivity index (χ3v) is 6.31. The van der Waals surface area contributed by atoms with Gasteiger partial charge in [0.1, 0.15) is 5.58 Å². The van der Waals surface area contributed by atoms with Crippen molar-refractivity contribution in [1.82, 2.24) is 9.80 Å². The molecule has 1 atom stereocenters. The highest BCUT2D eigenvalue weighted by molar-refractivity contribution is 5.99. The molecule has 1 aliphatic rings. The zero-order valence-corrected chi connectivity index (χ0v) is 20.3. The summed E-state index contributed by atoms with van der Waals surface area (Å²) in [4.78, 5) is 31.2. The summed E-state index contributed by atoms with van der Waals surface area (Å²) in [6.07, 6.45) is 0. The molecule has 3 aromatic rings.